The number of rotatable bonds is 9. The molecule has 0 aromatic carbocycles. The van der Waals surface area contributed by atoms with Gasteiger partial charge in [-0.25, -0.2) is 0 Å². The normalized spacial score (nSPS) is 25.7. The summed E-state index contributed by atoms with van der Waals surface area (Å²) in [4.78, 5) is 13.0. The number of hydrogen-bond donors (Lipinski definition) is 1. The standard InChI is InChI=1S/C21H30N4O3/c1-14-17(15(2)28-24-14)5-4-9-22-20(26)19-16-6-8-21(19,13-16)18-7-10-23-25(18)11-12-27-3/h7,10,16,19H,4-6,8-9,11-13H2,1-3H3,(H,22,26). The molecule has 28 heavy (non-hydrogen) atoms. The van der Waals surface area contributed by atoms with Crippen LogP contribution >= 0.6 is 0 Å². The van der Waals surface area contributed by atoms with Gasteiger partial charge in [0.15, 0.2) is 0 Å². The van der Waals surface area contributed by atoms with E-state index in [9.17, 15) is 4.79 Å². The van der Waals surface area contributed by atoms with E-state index in [0.717, 1.165) is 55.7 Å². The Morgan fingerprint density at radius 1 is 1.46 bits per heavy atom. The van der Waals surface area contributed by atoms with Crippen LogP contribution < -0.4 is 5.32 Å². The third kappa shape index (κ3) is 3.15. The van der Waals surface area contributed by atoms with Crippen molar-refractivity contribution in [1.82, 2.24) is 20.3 Å². The topological polar surface area (TPSA) is 82.2 Å². The average Bonchev–Trinajstić information content (AvgIpc) is 3.42. The maximum absolute atomic E-state index is 13.0. The van der Waals surface area contributed by atoms with Crippen molar-refractivity contribution in [2.75, 3.05) is 20.3 Å². The van der Waals surface area contributed by atoms with Crippen LogP contribution in [-0.4, -0.2) is 41.1 Å². The Bertz CT molecular complexity index is 819. The Kier molecular flexibility index (Phi) is 5.27. The van der Waals surface area contributed by atoms with Crippen molar-refractivity contribution in [2.24, 2.45) is 11.8 Å². The Balaban J connectivity index is 1.36. The number of aryl methyl sites for hydroxylation is 2. The zero-order chi connectivity index (χ0) is 19.7. The van der Waals surface area contributed by atoms with Gasteiger partial charge < -0.3 is 14.6 Å². The Hall–Kier alpha value is -2.15. The lowest BCUT2D eigenvalue weighted by Gasteiger charge is -2.46. The first kappa shape index (κ1) is 19.2. The summed E-state index contributed by atoms with van der Waals surface area (Å²) in [6.07, 6.45) is 6.93. The van der Waals surface area contributed by atoms with Gasteiger partial charge in [-0.15, -0.1) is 0 Å². The Morgan fingerprint density at radius 2 is 2.32 bits per heavy atom. The van der Waals surface area contributed by atoms with Gasteiger partial charge in [-0.1, -0.05) is 5.16 Å². The minimum absolute atomic E-state index is 0.0410. The monoisotopic (exact) mass is 386 g/mol. The van der Waals surface area contributed by atoms with Crippen molar-refractivity contribution >= 4 is 5.91 Å². The summed E-state index contributed by atoms with van der Waals surface area (Å²) in [7, 11) is 1.70. The molecule has 3 saturated carbocycles. The van der Waals surface area contributed by atoms with Gasteiger partial charge in [0.25, 0.3) is 0 Å². The molecular formula is C21H30N4O3. The maximum Gasteiger partial charge on any atom is 0.224 e. The fraction of sp³-hybridized carbons (Fsp3) is 0.667. The lowest BCUT2D eigenvalue weighted by molar-refractivity contribution is -0.133. The summed E-state index contributed by atoms with van der Waals surface area (Å²) >= 11 is 0. The third-order valence-corrected chi connectivity index (χ3v) is 6.75. The summed E-state index contributed by atoms with van der Waals surface area (Å²) in [5, 5.41) is 11.7. The van der Waals surface area contributed by atoms with Crippen molar-refractivity contribution in [3.63, 3.8) is 0 Å². The van der Waals surface area contributed by atoms with Gasteiger partial charge in [-0.2, -0.15) is 5.10 Å². The molecule has 7 nitrogen and oxygen atoms in total. The van der Waals surface area contributed by atoms with E-state index < -0.39 is 0 Å². The van der Waals surface area contributed by atoms with Crippen molar-refractivity contribution in [3.05, 3.63) is 35.0 Å². The van der Waals surface area contributed by atoms with Gasteiger partial charge in [0.2, 0.25) is 5.91 Å². The molecule has 3 aliphatic rings. The highest BCUT2D eigenvalue weighted by molar-refractivity contribution is 5.82. The highest BCUT2D eigenvalue weighted by Crippen LogP contribution is 2.63. The van der Waals surface area contributed by atoms with E-state index in [4.69, 9.17) is 9.26 Å². The molecule has 5 rings (SSSR count). The largest absolute Gasteiger partial charge is 0.383 e. The van der Waals surface area contributed by atoms with Crippen LogP contribution in [0.25, 0.3) is 0 Å². The molecule has 0 aliphatic heterocycles. The first-order valence-electron chi connectivity index (χ1n) is 10.3. The van der Waals surface area contributed by atoms with Crippen LogP contribution in [0.3, 0.4) is 0 Å². The molecule has 0 saturated heterocycles. The van der Waals surface area contributed by atoms with Crippen LogP contribution in [-0.2, 0) is 27.9 Å². The van der Waals surface area contributed by atoms with Crippen LogP contribution in [0.2, 0.25) is 0 Å². The van der Waals surface area contributed by atoms with Crippen LogP contribution in [0.4, 0.5) is 0 Å². The number of ether oxygens (including phenoxy) is 1. The number of nitrogens with zero attached hydrogens (tertiary/aromatic N) is 3. The second-order valence-electron chi connectivity index (χ2n) is 8.27. The lowest BCUT2D eigenvalue weighted by Crippen LogP contribution is -2.53. The number of aromatic nitrogens is 3. The number of carbonyl (C=O) groups is 1. The number of fused-ring (bicyclic) bond motifs is 1. The maximum atomic E-state index is 13.0. The van der Waals surface area contributed by atoms with E-state index in [1.807, 2.05) is 24.7 Å². The summed E-state index contributed by atoms with van der Waals surface area (Å²) in [5.41, 5.74) is 3.27. The van der Waals surface area contributed by atoms with E-state index in [1.165, 1.54) is 5.69 Å². The predicted octanol–water partition coefficient (Wildman–Crippen LogP) is 2.55. The second kappa shape index (κ2) is 7.70. The average molecular weight is 386 g/mol. The minimum Gasteiger partial charge on any atom is -0.383 e. The van der Waals surface area contributed by atoms with Crippen LogP contribution in [0.15, 0.2) is 16.8 Å². The van der Waals surface area contributed by atoms with Gasteiger partial charge in [0, 0.05) is 36.5 Å². The molecule has 3 unspecified atom stereocenters. The summed E-state index contributed by atoms with van der Waals surface area (Å²) < 4.78 is 12.5. The van der Waals surface area contributed by atoms with E-state index in [2.05, 4.69) is 21.6 Å². The van der Waals surface area contributed by atoms with Crippen molar-refractivity contribution in [2.45, 2.75) is 57.9 Å². The molecule has 0 spiro atoms. The van der Waals surface area contributed by atoms with Crippen LogP contribution in [0.1, 0.15) is 48.4 Å². The molecule has 152 valence electrons. The quantitative estimate of drug-likeness (QED) is 0.670. The zero-order valence-corrected chi connectivity index (χ0v) is 17.0. The lowest BCUT2D eigenvalue weighted by atomic mass is 9.58. The van der Waals surface area contributed by atoms with E-state index in [1.54, 1.807) is 7.11 Å². The molecular weight excluding hydrogens is 356 g/mol. The number of amides is 1. The van der Waals surface area contributed by atoms with Gasteiger partial charge in [0.1, 0.15) is 5.76 Å². The fourth-order valence-corrected chi connectivity index (χ4v) is 5.39. The van der Waals surface area contributed by atoms with Crippen molar-refractivity contribution < 1.29 is 14.1 Å². The van der Waals surface area contributed by atoms with Crippen LogP contribution in [0, 0.1) is 25.7 Å². The van der Waals surface area contributed by atoms with Crippen molar-refractivity contribution in [3.8, 4) is 0 Å². The molecule has 3 aliphatic carbocycles. The number of carbonyl (C=O) groups excluding carboxylic acids is 1. The van der Waals surface area contributed by atoms with Gasteiger partial charge >= 0.3 is 0 Å². The molecule has 1 amide bonds. The molecule has 2 heterocycles. The zero-order valence-electron chi connectivity index (χ0n) is 17.0. The molecule has 3 fully saturated rings. The molecule has 7 heteroatoms. The molecule has 1 N–H and O–H groups in total. The Labute approximate surface area is 165 Å². The number of hydrogen-bond acceptors (Lipinski definition) is 5. The highest BCUT2D eigenvalue weighted by atomic mass is 16.5. The van der Waals surface area contributed by atoms with E-state index >= 15 is 0 Å². The van der Waals surface area contributed by atoms with Gasteiger partial charge in [-0.05, 0) is 57.9 Å². The fourth-order valence-electron chi connectivity index (χ4n) is 5.39. The van der Waals surface area contributed by atoms with E-state index in [0.29, 0.717) is 19.1 Å². The molecule has 2 bridgehead atoms. The van der Waals surface area contributed by atoms with Gasteiger partial charge in [-0.3, -0.25) is 9.48 Å². The number of methoxy groups -OCH3 is 1. The Morgan fingerprint density at radius 3 is 3.04 bits per heavy atom. The van der Waals surface area contributed by atoms with Gasteiger partial charge in [0.05, 0.1) is 24.8 Å². The summed E-state index contributed by atoms with van der Waals surface area (Å²) in [6, 6.07) is 2.09. The molecule has 3 atom stereocenters. The minimum atomic E-state index is -0.0410. The predicted molar refractivity (Wildman–Crippen MR) is 104 cm³/mol. The van der Waals surface area contributed by atoms with Crippen LogP contribution in [0.5, 0.6) is 0 Å². The third-order valence-electron chi connectivity index (χ3n) is 6.75. The first-order chi connectivity index (χ1) is 13.6. The molecule has 2 aromatic heterocycles. The van der Waals surface area contributed by atoms with Crippen molar-refractivity contribution in [1.29, 1.82) is 0 Å². The molecule has 2 aromatic rings. The molecule has 0 radical (unpaired) electrons. The summed E-state index contributed by atoms with van der Waals surface area (Å²) in [6.45, 7) is 5.96. The number of nitrogens with one attached hydrogen (secondary N) is 1. The first-order valence-corrected chi connectivity index (χ1v) is 10.3. The second-order valence-corrected chi connectivity index (χ2v) is 8.27. The van der Waals surface area contributed by atoms with E-state index in [-0.39, 0.29) is 17.2 Å². The highest BCUT2D eigenvalue weighted by Gasteiger charge is 2.63. The SMILES string of the molecule is COCCn1nccc1C12CCC(C1)C2C(=O)NCCCc1c(C)noc1C. The smallest absolute Gasteiger partial charge is 0.224 e. The summed E-state index contributed by atoms with van der Waals surface area (Å²) in [5.74, 6) is 1.66.